The minimum atomic E-state index is -0.667. The highest BCUT2D eigenvalue weighted by molar-refractivity contribution is 5.79. The second kappa shape index (κ2) is 5.01. The van der Waals surface area contributed by atoms with E-state index in [1.807, 2.05) is 0 Å². The molecule has 4 nitrogen and oxygen atoms in total. The fraction of sp³-hybridized carbons (Fsp3) is 0.500. The lowest BCUT2D eigenvalue weighted by molar-refractivity contribution is 0.238. The smallest absolute Gasteiger partial charge is 0.201 e. The second-order valence-corrected chi connectivity index (χ2v) is 5.43. The molecule has 20 heavy (non-hydrogen) atoms. The first-order chi connectivity index (χ1) is 9.56. The lowest BCUT2D eigenvalue weighted by atomic mass is 10.2. The Hall–Kier alpha value is -1.69. The molecule has 1 aromatic heterocycles. The SMILES string of the molecule is CC(Cn1c(N)nc2c(F)cc(F)cc21)N1CCCC1. The third-order valence-electron chi connectivity index (χ3n) is 4.01. The molecule has 0 amide bonds. The number of hydrogen-bond donors (Lipinski definition) is 1. The molecular formula is C14H18F2N4. The molecule has 3 rings (SSSR count). The zero-order valence-electron chi connectivity index (χ0n) is 11.4. The van der Waals surface area contributed by atoms with Crippen LogP contribution in [0.1, 0.15) is 19.8 Å². The standard InChI is InChI=1S/C14H18F2N4/c1-9(19-4-2-3-5-19)8-20-12-7-10(15)6-11(16)13(12)18-14(20)17/h6-7,9H,2-5,8H2,1H3,(H2,17,18). The highest BCUT2D eigenvalue weighted by atomic mass is 19.1. The number of likely N-dealkylation sites (tertiary alicyclic amines) is 1. The number of aromatic nitrogens is 2. The number of halogens is 2. The molecule has 0 bridgehead atoms. The van der Waals surface area contributed by atoms with Gasteiger partial charge in [0.2, 0.25) is 5.95 Å². The normalized spacial score (nSPS) is 17.9. The van der Waals surface area contributed by atoms with Crippen LogP contribution >= 0.6 is 0 Å². The molecule has 0 radical (unpaired) electrons. The van der Waals surface area contributed by atoms with E-state index in [0.717, 1.165) is 19.2 Å². The Kier molecular flexibility index (Phi) is 3.33. The highest BCUT2D eigenvalue weighted by Gasteiger charge is 2.21. The van der Waals surface area contributed by atoms with Crippen LogP contribution in [-0.4, -0.2) is 33.6 Å². The lowest BCUT2D eigenvalue weighted by Gasteiger charge is -2.24. The molecule has 6 heteroatoms. The van der Waals surface area contributed by atoms with Gasteiger partial charge >= 0.3 is 0 Å². The molecule has 1 aliphatic rings. The van der Waals surface area contributed by atoms with E-state index < -0.39 is 11.6 Å². The molecule has 1 fully saturated rings. The average molecular weight is 280 g/mol. The molecule has 108 valence electrons. The summed E-state index contributed by atoms with van der Waals surface area (Å²) in [6.07, 6.45) is 2.40. The van der Waals surface area contributed by atoms with Gasteiger partial charge in [-0.15, -0.1) is 0 Å². The maximum Gasteiger partial charge on any atom is 0.201 e. The molecular weight excluding hydrogens is 262 g/mol. The predicted octanol–water partition coefficient (Wildman–Crippen LogP) is 2.38. The Bertz CT molecular complexity index is 632. The van der Waals surface area contributed by atoms with Crippen molar-refractivity contribution in [2.75, 3.05) is 18.8 Å². The monoisotopic (exact) mass is 280 g/mol. The molecule has 2 heterocycles. The number of fused-ring (bicyclic) bond motifs is 1. The van der Waals surface area contributed by atoms with E-state index in [2.05, 4.69) is 16.8 Å². The number of nitrogens with two attached hydrogens (primary N) is 1. The van der Waals surface area contributed by atoms with Gasteiger partial charge in [-0.1, -0.05) is 0 Å². The van der Waals surface area contributed by atoms with Gasteiger partial charge in [0.15, 0.2) is 5.82 Å². The van der Waals surface area contributed by atoms with E-state index in [-0.39, 0.29) is 17.5 Å². The van der Waals surface area contributed by atoms with Gasteiger partial charge in [0, 0.05) is 24.7 Å². The summed E-state index contributed by atoms with van der Waals surface area (Å²) in [6.45, 7) is 4.82. The molecule has 1 aliphatic heterocycles. The van der Waals surface area contributed by atoms with Gasteiger partial charge in [-0.3, -0.25) is 4.90 Å². The summed E-state index contributed by atoms with van der Waals surface area (Å²) in [6, 6.07) is 2.39. The maximum absolute atomic E-state index is 13.7. The largest absolute Gasteiger partial charge is 0.369 e. The number of rotatable bonds is 3. The predicted molar refractivity (Wildman–Crippen MR) is 74.3 cm³/mol. The van der Waals surface area contributed by atoms with Crippen molar-refractivity contribution in [3.63, 3.8) is 0 Å². The molecule has 1 unspecified atom stereocenters. The van der Waals surface area contributed by atoms with Crippen molar-refractivity contribution < 1.29 is 8.78 Å². The number of anilines is 1. The number of benzene rings is 1. The minimum absolute atomic E-state index is 0.137. The molecule has 0 spiro atoms. The lowest BCUT2D eigenvalue weighted by Crippen LogP contribution is -2.33. The summed E-state index contributed by atoms with van der Waals surface area (Å²) in [5.74, 6) is -1.04. The second-order valence-electron chi connectivity index (χ2n) is 5.43. The van der Waals surface area contributed by atoms with E-state index in [1.165, 1.54) is 18.9 Å². The first-order valence-electron chi connectivity index (χ1n) is 6.91. The molecule has 1 aromatic carbocycles. The molecule has 2 aromatic rings. The fourth-order valence-corrected chi connectivity index (χ4v) is 2.92. The summed E-state index contributed by atoms with van der Waals surface area (Å²) in [7, 11) is 0. The molecule has 2 N–H and O–H groups in total. The number of imidazole rings is 1. The fourth-order valence-electron chi connectivity index (χ4n) is 2.92. The third-order valence-corrected chi connectivity index (χ3v) is 4.01. The highest BCUT2D eigenvalue weighted by Crippen LogP contribution is 2.23. The molecule has 1 atom stereocenters. The molecule has 0 saturated carbocycles. The van der Waals surface area contributed by atoms with Crippen molar-refractivity contribution in [2.45, 2.75) is 32.4 Å². The van der Waals surface area contributed by atoms with Gasteiger partial charge in [0.25, 0.3) is 0 Å². The summed E-state index contributed by atoms with van der Waals surface area (Å²) in [5, 5.41) is 0. The number of nitrogens with zero attached hydrogens (tertiary/aromatic N) is 3. The van der Waals surface area contributed by atoms with Gasteiger partial charge in [0.1, 0.15) is 11.3 Å². The van der Waals surface area contributed by atoms with Crippen LogP contribution in [0.15, 0.2) is 12.1 Å². The van der Waals surface area contributed by atoms with Crippen molar-refractivity contribution in [1.29, 1.82) is 0 Å². The van der Waals surface area contributed by atoms with Gasteiger partial charge < -0.3 is 10.3 Å². The Labute approximate surface area is 116 Å². The van der Waals surface area contributed by atoms with Crippen LogP contribution in [0.2, 0.25) is 0 Å². The van der Waals surface area contributed by atoms with E-state index in [0.29, 0.717) is 12.1 Å². The molecule has 0 aliphatic carbocycles. The Balaban J connectivity index is 1.96. The average Bonchev–Trinajstić information content (AvgIpc) is 3.00. The zero-order valence-corrected chi connectivity index (χ0v) is 11.4. The van der Waals surface area contributed by atoms with Crippen molar-refractivity contribution in [1.82, 2.24) is 14.5 Å². The van der Waals surface area contributed by atoms with Crippen molar-refractivity contribution in [3.8, 4) is 0 Å². The molecule has 1 saturated heterocycles. The van der Waals surface area contributed by atoms with Crippen LogP contribution < -0.4 is 5.73 Å². The van der Waals surface area contributed by atoms with Crippen LogP contribution in [-0.2, 0) is 6.54 Å². The Morgan fingerprint density at radius 1 is 1.30 bits per heavy atom. The van der Waals surface area contributed by atoms with E-state index in [9.17, 15) is 8.78 Å². The topological polar surface area (TPSA) is 47.1 Å². The summed E-state index contributed by atoms with van der Waals surface area (Å²) in [4.78, 5) is 6.38. The maximum atomic E-state index is 13.7. The van der Waals surface area contributed by atoms with E-state index in [1.54, 1.807) is 4.57 Å². The summed E-state index contributed by atoms with van der Waals surface area (Å²) < 4.78 is 28.8. The quantitative estimate of drug-likeness (QED) is 0.939. The number of nitrogen functional groups attached to an aromatic ring is 1. The first kappa shape index (κ1) is 13.3. The van der Waals surface area contributed by atoms with Gasteiger partial charge in [-0.25, -0.2) is 13.8 Å². The van der Waals surface area contributed by atoms with Crippen molar-refractivity contribution >= 4 is 17.0 Å². The van der Waals surface area contributed by atoms with Gasteiger partial charge in [0.05, 0.1) is 5.52 Å². The number of hydrogen-bond acceptors (Lipinski definition) is 3. The van der Waals surface area contributed by atoms with Crippen LogP contribution in [0.3, 0.4) is 0 Å². The van der Waals surface area contributed by atoms with Crippen molar-refractivity contribution in [2.24, 2.45) is 0 Å². The van der Waals surface area contributed by atoms with Crippen LogP contribution in [0.25, 0.3) is 11.0 Å². The first-order valence-corrected chi connectivity index (χ1v) is 6.91. The van der Waals surface area contributed by atoms with Crippen LogP contribution in [0, 0.1) is 11.6 Å². The van der Waals surface area contributed by atoms with Crippen LogP contribution in [0.5, 0.6) is 0 Å². The van der Waals surface area contributed by atoms with E-state index >= 15 is 0 Å². The van der Waals surface area contributed by atoms with E-state index in [4.69, 9.17) is 5.73 Å². The van der Waals surface area contributed by atoms with Crippen molar-refractivity contribution in [3.05, 3.63) is 23.8 Å². The summed E-state index contributed by atoms with van der Waals surface area (Å²) >= 11 is 0. The summed E-state index contributed by atoms with van der Waals surface area (Å²) in [5.41, 5.74) is 6.42. The zero-order chi connectivity index (χ0) is 14.3. The Morgan fingerprint density at radius 2 is 2.00 bits per heavy atom. The van der Waals surface area contributed by atoms with Gasteiger partial charge in [-0.05, 0) is 32.9 Å². The third kappa shape index (κ3) is 2.24. The van der Waals surface area contributed by atoms with Crippen LogP contribution in [0.4, 0.5) is 14.7 Å². The Morgan fingerprint density at radius 3 is 2.70 bits per heavy atom. The minimum Gasteiger partial charge on any atom is -0.369 e. The van der Waals surface area contributed by atoms with Gasteiger partial charge in [-0.2, -0.15) is 0 Å².